The molecule has 1 fully saturated rings. The number of rotatable bonds is 2. The van der Waals surface area contributed by atoms with Crippen molar-refractivity contribution in [2.45, 2.75) is 32.4 Å². The van der Waals surface area contributed by atoms with E-state index in [4.69, 9.17) is 16.3 Å². The lowest BCUT2D eigenvalue weighted by atomic mass is 10.1. The Morgan fingerprint density at radius 1 is 1.65 bits per heavy atom. The highest BCUT2D eigenvalue weighted by atomic mass is 79.9. The van der Waals surface area contributed by atoms with Gasteiger partial charge in [-0.05, 0) is 35.3 Å². The highest BCUT2D eigenvalue weighted by molar-refractivity contribution is 9.10. The molecule has 1 aliphatic rings. The molecule has 2 unspecified atom stereocenters. The second-order valence-electron chi connectivity index (χ2n) is 4.32. The second kappa shape index (κ2) is 5.55. The summed E-state index contributed by atoms with van der Waals surface area (Å²) in [5.74, 6) is 0.955. The van der Waals surface area contributed by atoms with Crippen LogP contribution in [0.5, 0.6) is 0 Å². The molecule has 0 spiro atoms. The molecule has 94 valence electrons. The Morgan fingerprint density at radius 3 is 3.06 bits per heavy atom. The summed E-state index contributed by atoms with van der Waals surface area (Å²) in [5.41, 5.74) is 0. The molecule has 2 rings (SSSR count). The fourth-order valence-electron chi connectivity index (χ4n) is 2.06. The first-order chi connectivity index (χ1) is 8.11. The Labute approximate surface area is 115 Å². The van der Waals surface area contributed by atoms with Crippen LogP contribution >= 0.6 is 27.5 Å². The van der Waals surface area contributed by atoms with Gasteiger partial charge in [-0.3, -0.25) is 0 Å². The van der Waals surface area contributed by atoms with Crippen LogP contribution in [0.15, 0.2) is 16.7 Å². The van der Waals surface area contributed by atoms with Gasteiger partial charge < -0.3 is 9.64 Å². The summed E-state index contributed by atoms with van der Waals surface area (Å²) in [6.45, 7) is 5.88. The zero-order valence-electron chi connectivity index (χ0n) is 9.99. The van der Waals surface area contributed by atoms with Crippen LogP contribution in [0.3, 0.4) is 0 Å². The van der Waals surface area contributed by atoms with Gasteiger partial charge in [0.2, 0.25) is 0 Å². The van der Waals surface area contributed by atoms with E-state index in [2.05, 4.69) is 39.7 Å². The maximum Gasteiger partial charge on any atom is 0.143 e. The highest BCUT2D eigenvalue weighted by Gasteiger charge is 2.27. The van der Waals surface area contributed by atoms with Crippen molar-refractivity contribution in [3.63, 3.8) is 0 Å². The normalized spacial score (nSPS) is 25.1. The molecule has 3 nitrogen and oxygen atoms in total. The van der Waals surface area contributed by atoms with Gasteiger partial charge in [-0.1, -0.05) is 18.5 Å². The van der Waals surface area contributed by atoms with Crippen LogP contribution in [-0.2, 0) is 4.74 Å². The Morgan fingerprint density at radius 2 is 2.41 bits per heavy atom. The van der Waals surface area contributed by atoms with Crippen LogP contribution in [0.1, 0.15) is 20.3 Å². The summed E-state index contributed by atoms with van der Waals surface area (Å²) < 4.78 is 6.63. The van der Waals surface area contributed by atoms with Crippen molar-refractivity contribution in [3.05, 3.63) is 21.8 Å². The Balaban J connectivity index is 2.28. The molecule has 1 aliphatic heterocycles. The summed E-state index contributed by atoms with van der Waals surface area (Å²) in [4.78, 5) is 6.73. The van der Waals surface area contributed by atoms with E-state index in [0.717, 1.165) is 29.9 Å². The summed E-state index contributed by atoms with van der Waals surface area (Å²) in [6, 6.07) is 2.27. The first-order valence-corrected chi connectivity index (χ1v) is 6.98. The highest BCUT2D eigenvalue weighted by Crippen LogP contribution is 2.30. The number of ether oxygens (including phenoxy) is 1. The van der Waals surface area contributed by atoms with Crippen molar-refractivity contribution in [2.24, 2.45) is 0 Å². The topological polar surface area (TPSA) is 25.4 Å². The van der Waals surface area contributed by atoms with E-state index < -0.39 is 0 Å². The molecule has 17 heavy (non-hydrogen) atoms. The number of hydrogen-bond acceptors (Lipinski definition) is 3. The molecule has 0 N–H and O–H groups in total. The van der Waals surface area contributed by atoms with Gasteiger partial charge in [-0.15, -0.1) is 0 Å². The Bertz CT molecular complexity index is 402. The molecule has 0 bridgehead atoms. The van der Waals surface area contributed by atoms with Crippen LogP contribution < -0.4 is 4.90 Å². The molecule has 0 aromatic carbocycles. The predicted molar refractivity (Wildman–Crippen MR) is 73.8 cm³/mol. The monoisotopic (exact) mass is 318 g/mol. The third kappa shape index (κ3) is 2.92. The van der Waals surface area contributed by atoms with Crippen LogP contribution in [0.4, 0.5) is 5.82 Å². The number of nitrogens with zero attached hydrogens (tertiary/aromatic N) is 2. The molecule has 0 saturated carbocycles. The van der Waals surface area contributed by atoms with E-state index in [0.29, 0.717) is 11.1 Å². The van der Waals surface area contributed by atoms with Gasteiger partial charge in [0.05, 0.1) is 28.2 Å². The molecule has 0 radical (unpaired) electrons. The minimum Gasteiger partial charge on any atom is -0.375 e. The van der Waals surface area contributed by atoms with Crippen molar-refractivity contribution >= 4 is 33.3 Å². The smallest absolute Gasteiger partial charge is 0.143 e. The number of hydrogen-bond donors (Lipinski definition) is 0. The zero-order chi connectivity index (χ0) is 12.4. The van der Waals surface area contributed by atoms with Gasteiger partial charge in [-0.25, -0.2) is 4.98 Å². The fourth-order valence-corrected chi connectivity index (χ4v) is 2.93. The van der Waals surface area contributed by atoms with Crippen molar-refractivity contribution in [1.82, 2.24) is 4.98 Å². The number of morpholine rings is 1. The lowest BCUT2D eigenvalue weighted by Gasteiger charge is -2.39. The van der Waals surface area contributed by atoms with Gasteiger partial charge in [0.25, 0.3) is 0 Å². The van der Waals surface area contributed by atoms with E-state index in [1.165, 1.54) is 0 Å². The van der Waals surface area contributed by atoms with Crippen LogP contribution in [-0.4, -0.2) is 30.3 Å². The molecule has 1 saturated heterocycles. The molecule has 2 heterocycles. The predicted octanol–water partition coefficient (Wildman–Crippen LogP) is 3.50. The minimum atomic E-state index is 0.238. The third-order valence-corrected chi connectivity index (χ3v) is 3.79. The van der Waals surface area contributed by atoms with Gasteiger partial charge in [0.15, 0.2) is 0 Å². The summed E-state index contributed by atoms with van der Waals surface area (Å²) >= 11 is 9.45. The molecule has 2 atom stereocenters. The Hall–Kier alpha value is -0.320. The third-order valence-electron chi connectivity index (χ3n) is 3.00. The molecule has 1 aromatic heterocycles. The molecule has 5 heteroatoms. The number of halogens is 2. The van der Waals surface area contributed by atoms with E-state index in [9.17, 15) is 0 Å². The first-order valence-electron chi connectivity index (χ1n) is 5.81. The van der Waals surface area contributed by atoms with Crippen LogP contribution in [0, 0.1) is 0 Å². The molecule has 0 aliphatic carbocycles. The summed E-state index contributed by atoms with van der Waals surface area (Å²) in [7, 11) is 0. The number of pyridine rings is 1. The van der Waals surface area contributed by atoms with Crippen molar-refractivity contribution in [2.75, 3.05) is 18.1 Å². The quantitative estimate of drug-likeness (QED) is 0.834. The lowest BCUT2D eigenvalue weighted by molar-refractivity contribution is 0.0295. The molecule has 0 amide bonds. The van der Waals surface area contributed by atoms with Crippen molar-refractivity contribution < 1.29 is 4.74 Å². The van der Waals surface area contributed by atoms with E-state index in [-0.39, 0.29) is 6.10 Å². The average molecular weight is 320 g/mol. The zero-order valence-corrected chi connectivity index (χ0v) is 12.3. The van der Waals surface area contributed by atoms with Crippen LogP contribution in [0.2, 0.25) is 5.02 Å². The van der Waals surface area contributed by atoms with Gasteiger partial charge in [0.1, 0.15) is 5.82 Å². The van der Waals surface area contributed by atoms with Gasteiger partial charge >= 0.3 is 0 Å². The minimum absolute atomic E-state index is 0.238. The second-order valence-corrected chi connectivity index (χ2v) is 5.61. The lowest BCUT2D eigenvalue weighted by Crippen LogP contribution is -2.49. The first kappa shape index (κ1) is 13.1. The van der Waals surface area contributed by atoms with Crippen LogP contribution in [0.25, 0.3) is 0 Å². The standard InChI is InChI=1S/C12H16BrClN2O/c1-3-10-7-17-8(2)6-16(10)12-11(13)4-9(14)5-15-12/h4-5,8,10H,3,6-7H2,1-2H3. The molecule has 1 aromatic rings. The maximum atomic E-state index is 5.92. The number of anilines is 1. The van der Waals surface area contributed by atoms with Gasteiger partial charge in [-0.2, -0.15) is 0 Å². The number of aromatic nitrogens is 1. The summed E-state index contributed by atoms with van der Waals surface area (Å²) in [5, 5.41) is 0.648. The van der Waals surface area contributed by atoms with E-state index in [1.807, 2.05) is 6.07 Å². The van der Waals surface area contributed by atoms with E-state index >= 15 is 0 Å². The van der Waals surface area contributed by atoms with Crippen molar-refractivity contribution in [1.29, 1.82) is 0 Å². The maximum absolute atomic E-state index is 5.92. The fraction of sp³-hybridized carbons (Fsp3) is 0.583. The van der Waals surface area contributed by atoms with Gasteiger partial charge in [0, 0.05) is 12.7 Å². The van der Waals surface area contributed by atoms with E-state index in [1.54, 1.807) is 6.20 Å². The average Bonchev–Trinajstić information content (AvgIpc) is 2.29. The Kier molecular flexibility index (Phi) is 4.28. The SMILES string of the molecule is CCC1COC(C)CN1c1ncc(Cl)cc1Br. The summed E-state index contributed by atoms with van der Waals surface area (Å²) in [6.07, 6.45) is 2.97. The molecular formula is C12H16BrClN2O. The van der Waals surface area contributed by atoms with Crippen molar-refractivity contribution in [3.8, 4) is 0 Å². The largest absolute Gasteiger partial charge is 0.375 e. The molecular weight excluding hydrogens is 304 g/mol.